The van der Waals surface area contributed by atoms with Crippen LogP contribution in [0.1, 0.15) is 36.4 Å². The lowest BCUT2D eigenvalue weighted by Gasteiger charge is -2.30. The van der Waals surface area contributed by atoms with Crippen molar-refractivity contribution >= 4 is 11.8 Å². The first-order valence-electron chi connectivity index (χ1n) is 6.93. The van der Waals surface area contributed by atoms with Gasteiger partial charge in [0.2, 0.25) is 0 Å². The van der Waals surface area contributed by atoms with Crippen LogP contribution in [0, 0.1) is 0 Å². The molecule has 0 spiro atoms. The van der Waals surface area contributed by atoms with Gasteiger partial charge in [0.15, 0.2) is 0 Å². The van der Waals surface area contributed by atoms with Crippen molar-refractivity contribution in [2.24, 2.45) is 0 Å². The summed E-state index contributed by atoms with van der Waals surface area (Å²) in [6, 6.07) is 7.05. The van der Waals surface area contributed by atoms with Crippen LogP contribution in [0.3, 0.4) is 0 Å². The van der Waals surface area contributed by atoms with Gasteiger partial charge in [0.25, 0.3) is 0 Å². The summed E-state index contributed by atoms with van der Waals surface area (Å²) in [5.74, 6) is 2.46. The predicted octanol–water partition coefficient (Wildman–Crippen LogP) is 3.17. The Morgan fingerprint density at radius 2 is 2.33 bits per heavy atom. The minimum absolute atomic E-state index is 0.434. The summed E-state index contributed by atoms with van der Waals surface area (Å²) in [5.41, 5.74) is 2.75. The van der Waals surface area contributed by atoms with E-state index in [4.69, 9.17) is 4.74 Å². The van der Waals surface area contributed by atoms with E-state index in [0.29, 0.717) is 11.3 Å². The Balaban J connectivity index is 1.89. The molecule has 0 aromatic heterocycles. The van der Waals surface area contributed by atoms with Gasteiger partial charge in [0.1, 0.15) is 5.75 Å². The fourth-order valence-corrected chi connectivity index (χ4v) is 4.54. The second-order valence-electron chi connectivity index (χ2n) is 5.11. The lowest BCUT2D eigenvalue weighted by Crippen LogP contribution is -2.29. The van der Waals surface area contributed by atoms with Gasteiger partial charge in [0.05, 0.1) is 6.61 Å². The molecule has 1 saturated heterocycles. The molecule has 2 unspecified atom stereocenters. The highest BCUT2D eigenvalue weighted by atomic mass is 32.2. The lowest BCUT2D eigenvalue weighted by atomic mass is 9.96. The van der Waals surface area contributed by atoms with E-state index in [0.717, 1.165) is 18.8 Å². The minimum Gasteiger partial charge on any atom is -0.493 e. The summed E-state index contributed by atoms with van der Waals surface area (Å²) in [6.07, 6.45) is 5.13. The molecule has 1 fully saturated rings. The van der Waals surface area contributed by atoms with Gasteiger partial charge in [0, 0.05) is 23.3 Å². The Labute approximate surface area is 113 Å². The molecule has 0 saturated carbocycles. The molecule has 0 radical (unpaired) electrons. The number of ether oxygens (including phenoxy) is 1. The zero-order valence-corrected chi connectivity index (χ0v) is 11.8. The van der Waals surface area contributed by atoms with Crippen LogP contribution in [0.5, 0.6) is 5.75 Å². The van der Waals surface area contributed by atoms with Crippen molar-refractivity contribution in [2.75, 3.05) is 19.4 Å². The van der Waals surface area contributed by atoms with Crippen LogP contribution in [0.2, 0.25) is 0 Å². The number of nitrogens with one attached hydrogen (secondary N) is 1. The van der Waals surface area contributed by atoms with Crippen molar-refractivity contribution in [3.05, 3.63) is 29.3 Å². The number of hydrogen-bond acceptors (Lipinski definition) is 3. The molecule has 3 heteroatoms. The molecule has 2 atom stereocenters. The standard InChI is InChI=1S/C15H21NOS/c1-16-14(13-7-2-3-10-18-13)12-6-4-5-11-8-9-17-15(11)12/h4-6,13-14,16H,2-3,7-10H2,1H3. The molecule has 0 bridgehead atoms. The summed E-state index contributed by atoms with van der Waals surface area (Å²) in [5, 5.41) is 4.21. The van der Waals surface area contributed by atoms with Crippen LogP contribution in [-0.4, -0.2) is 24.7 Å². The minimum atomic E-state index is 0.434. The molecule has 2 aliphatic rings. The number of benzene rings is 1. The van der Waals surface area contributed by atoms with E-state index in [9.17, 15) is 0 Å². The summed E-state index contributed by atoms with van der Waals surface area (Å²) >= 11 is 2.12. The van der Waals surface area contributed by atoms with Gasteiger partial charge in [-0.25, -0.2) is 0 Å². The van der Waals surface area contributed by atoms with Crippen LogP contribution in [-0.2, 0) is 6.42 Å². The van der Waals surface area contributed by atoms with E-state index in [2.05, 4.69) is 42.3 Å². The third-order valence-electron chi connectivity index (χ3n) is 3.98. The molecule has 0 amide bonds. The van der Waals surface area contributed by atoms with E-state index in [1.54, 1.807) is 0 Å². The van der Waals surface area contributed by atoms with E-state index in [1.807, 2.05) is 0 Å². The Morgan fingerprint density at radius 3 is 3.11 bits per heavy atom. The Bertz CT molecular complexity index is 415. The highest BCUT2D eigenvalue weighted by Gasteiger charge is 2.28. The van der Waals surface area contributed by atoms with Crippen molar-refractivity contribution in [2.45, 2.75) is 37.0 Å². The first kappa shape index (κ1) is 12.4. The van der Waals surface area contributed by atoms with Gasteiger partial charge in [-0.3, -0.25) is 0 Å². The highest BCUT2D eigenvalue weighted by molar-refractivity contribution is 8.00. The maximum absolute atomic E-state index is 5.85. The van der Waals surface area contributed by atoms with Gasteiger partial charge in [-0.1, -0.05) is 24.6 Å². The van der Waals surface area contributed by atoms with Crippen LogP contribution in [0.25, 0.3) is 0 Å². The average molecular weight is 263 g/mol. The molecular weight excluding hydrogens is 242 g/mol. The number of hydrogen-bond donors (Lipinski definition) is 1. The number of rotatable bonds is 3. The molecule has 3 rings (SSSR count). The molecule has 18 heavy (non-hydrogen) atoms. The molecule has 1 aromatic carbocycles. The fraction of sp³-hybridized carbons (Fsp3) is 0.600. The fourth-order valence-electron chi connectivity index (χ4n) is 3.06. The Morgan fingerprint density at radius 1 is 1.39 bits per heavy atom. The highest BCUT2D eigenvalue weighted by Crippen LogP contribution is 2.40. The van der Waals surface area contributed by atoms with Crippen molar-refractivity contribution in [3.8, 4) is 5.75 Å². The second-order valence-corrected chi connectivity index (χ2v) is 6.45. The molecule has 1 aromatic rings. The first-order valence-corrected chi connectivity index (χ1v) is 7.98. The molecule has 2 heterocycles. The van der Waals surface area contributed by atoms with Gasteiger partial charge in [-0.05, 0) is 31.2 Å². The van der Waals surface area contributed by atoms with Crippen molar-refractivity contribution in [1.82, 2.24) is 5.32 Å². The molecule has 1 N–H and O–H groups in total. The summed E-state index contributed by atoms with van der Waals surface area (Å²) < 4.78 is 5.85. The van der Waals surface area contributed by atoms with Crippen LogP contribution < -0.4 is 10.1 Å². The maximum Gasteiger partial charge on any atom is 0.127 e. The third-order valence-corrected chi connectivity index (χ3v) is 5.44. The molecule has 2 nitrogen and oxygen atoms in total. The molecule has 0 aliphatic carbocycles. The van der Waals surface area contributed by atoms with E-state index >= 15 is 0 Å². The summed E-state index contributed by atoms with van der Waals surface area (Å²) in [6.45, 7) is 0.848. The summed E-state index contributed by atoms with van der Waals surface area (Å²) in [4.78, 5) is 0. The van der Waals surface area contributed by atoms with E-state index in [-0.39, 0.29) is 0 Å². The SMILES string of the molecule is CNC(c1cccc2c1OCC2)C1CCCCS1. The van der Waals surface area contributed by atoms with E-state index in [1.165, 1.54) is 36.1 Å². The zero-order valence-electron chi connectivity index (χ0n) is 10.9. The average Bonchev–Trinajstić information content (AvgIpc) is 2.90. The quantitative estimate of drug-likeness (QED) is 0.905. The largest absolute Gasteiger partial charge is 0.493 e. The normalized spacial score (nSPS) is 24.4. The maximum atomic E-state index is 5.85. The zero-order chi connectivity index (χ0) is 12.4. The van der Waals surface area contributed by atoms with Gasteiger partial charge in [-0.15, -0.1) is 0 Å². The third kappa shape index (κ3) is 2.26. The number of para-hydroxylation sites is 1. The monoisotopic (exact) mass is 263 g/mol. The van der Waals surface area contributed by atoms with Crippen LogP contribution in [0.15, 0.2) is 18.2 Å². The number of fused-ring (bicyclic) bond motifs is 1. The van der Waals surface area contributed by atoms with Crippen molar-refractivity contribution in [1.29, 1.82) is 0 Å². The van der Waals surface area contributed by atoms with Gasteiger partial charge in [-0.2, -0.15) is 11.8 Å². The van der Waals surface area contributed by atoms with Gasteiger partial charge >= 0.3 is 0 Å². The Kier molecular flexibility index (Phi) is 3.80. The van der Waals surface area contributed by atoms with Crippen molar-refractivity contribution in [3.63, 3.8) is 0 Å². The first-order chi connectivity index (χ1) is 8.90. The molecular formula is C15H21NOS. The van der Waals surface area contributed by atoms with E-state index < -0.39 is 0 Å². The smallest absolute Gasteiger partial charge is 0.127 e. The molecule has 2 aliphatic heterocycles. The lowest BCUT2D eigenvalue weighted by molar-refractivity contribution is 0.347. The van der Waals surface area contributed by atoms with Crippen LogP contribution >= 0.6 is 11.8 Å². The van der Waals surface area contributed by atoms with Gasteiger partial charge < -0.3 is 10.1 Å². The second kappa shape index (κ2) is 5.54. The Hall–Kier alpha value is -0.670. The molecule has 98 valence electrons. The number of thioether (sulfide) groups is 1. The topological polar surface area (TPSA) is 21.3 Å². The van der Waals surface area contributed by atoms with Crippen LogP contribution in [0.4, 0.5) is 0 Å². The summed E-state index contributed by atoms with van der Waals surface area (Å²) in [7, 11) is 2.08. The van der Waals surface area contributed by atoms with Crippen molar-refractivity contribution < 1.29 is 4.74 Å². The predicted molar refractivity (Wildman–Crippen MR) is 77.5 cm³/mol.